The van der Waals surface area contributed by atoms with E-state index in [0.717, 1.165) is 48.9 Å². The van der Waals surface area contributed by atoms with Crippen molar-refractivity contribution in [3.8, 4) is 5.75 Å². The van der Waals surface area contributed by atoms with Gasteiger partial charge in [-0.3, -0.25) is 0 Å². The summed E-state index contributed by atoms with van der Waals surface area (Å²) in [5.41, 5.74) is 2.32. The van der Waals surface area contributed by atoms with E-state index in [1.165, 1.54) is 25.7 Å². The monoisotopic (exact) mass is 357 g/mol. The Balaban J connectivity index is 1.41. The summed E-state index contributed by atoms with van der Waals surface area (Å²) in [6.45, 7) is 3.01. The number of fused-ring (bicyclic) bond motifs is 3. The van der Waals surface area contributed by atoms with Crippen LogP contribution in [-0.4, -0.2) is 42.4 Å². The van der Waals surface area contributed by atoms with Gasteiger partial charge < -0.3 is 19.2 Å². The summed E-state index contributed by atoms with van der Waals surface area (Å²) < 4.78 is 11.3. The Bertz CT molecular complexity index is 821. The molecule has 140 valence electrons. The highest BCUT2D eigenvalue weighted by Crippen LogP contribution is 2.29. The van der Waals surface area contributed by atoms with Crippen molar-refractivity contribution >= 4 is 11.0 Å². The van der Waals surface area contributed by atoms with Crippen LogP contribution < -0.4 is 10.4 Å². The molecular formula is C21H27NO4. The summed E-state index contributed by atoms with van der Waals surface area (Å²) in [5.74, 6) is 0.633. The average Bonchev–Trinajstić information content (AvgIpc) is 3.00. The van der Waals surface area contributed by atoms with E-state index in [4.69, 9.17) is 9.15 Å². The molecule has 0 radical (unpaired) electrons. The number of hydrogen-bond donors (Lipinski definition) is 1. The second-order valence-electron chi connectivity index (χ2n) is 7.54. The number of rotatable bonds is 5. The van der Waals surface area contributed by atoms with Gasteiger partial charge in [0.25, 0.3) is 0 Å². The van der Waals surface area contributed by atoms with Crippen LogP contribution in [0.4, 0.5) is 0 Å². The zero-order valence-electron chi connectivity index (χ0n) is 15.2. The summed E-state index contributed by atoms with van der Waals surface area (Å²) in [7, 11) is 0. The third-order valence-corrected chi connectivity index (χ3v) is 5.56. The fourth-order valence-corrected chi connectivity index (χ4v) is 4.22. The zero-order valence-corrected chi connectivity index (χ0v) is 15.2. The van der Waals surface area contributed by atoms with Crippen molar-refractivity contribution in [1.29, 1.82) is 0 Å². The molecule has 2 heterocycles. The highest BCUT2D eigenvalue weighted by molar-refractivity contribution is 5.83. The van der Waals surface area contributed by atoms with Crippen LogP contribution in [0.15, 0.2) is 27.4 Å². The number of benzene rings is 1. The molecule has 1 fully saturated rings. The number of nitrogens with zero attached hydrogens (tertiary/aromatic N) is 1. The maximum atomic E-state index is 12.1. The maximum Gasteiger partial charge on any atom is 0.339 e. The van der Waals surface area contributed by atoms with E-state index in [9.17, 15) is 9.90 Å². The Labute approximate surface area is 153 Å². The maximum absolute atomic E-state index is 12.1. The van der Waals surface area contributed by atoms with Crippen molar-refractivity contribution in [3.63, 3.8) is 0 Å². The van der Waals surface area contributed by atoms with Gasteiger partial charge in [0.15, 0.2) is 0 Å². The van der Waals surface area contributed by atoms with E-state index in [0.29, 0.717) is 17.9 Å². The smallest absolute Gasteiger partial charge is 0.339 e. The Kier molecular flexibility index (Phi) is 5.27. The number of β-amino-alcohol motifs (C(OH)–C–C–N with tert-alkyl or cyclic N) is 1. The van der Waals surface area contributed by atoms with Crippen LogP contribution in [0.3, 0.4) is 0 Å². The van der Waals surface area contributed by atoms with E-state index in [-0.39, 0.29) is 12.2 Å². The topological polar surface area (TPSA) is 62.9 Å². The highest BCUT2D eigenvalue weighted by atomic mass is 16.5. The number of aryl methyl sites for hydroxylation is 1. The van der Waals surface area contributed by atoms with E-state index in [1.807, 2.05) is 12.1 Å². The molecule has 0 spiro atoms. The molecule has 0 saturated carbocycles. The molecule has 1 aromatic heterocycles. The number of likely N-dealkylation sites (tertiary alicyclic amines) is 1. The fourth-order valence-electron chi connectivity index (χ4n) is 4.22. The molecular weight excluding hydrogens is 330 g/mol. The van der Waals surface area contributed by atoms with Crippen molar-refractivity contribution in [2.75, 3.05) is 26.2 Å². The first-order valence-corrected chi connectivity index (χ1v) is 9.82. The molecule has 1 unspecified atom stereocenters. The standard InChI is InChI=1S/C21H27NO4/c23-15(13-22-10-3-1-2-4-11-22)14-25-16-8-9-18-17-6-5-7-19(17)21(24)26-20(18)12-16/h8-9,12,15,23H,1-7,10-11,13-14H2. The molecule has 0 amide bonds. The summed E-state index contributed by atoms with van der Waals surface area (Å²) in [6.07, 6.45) is 7.24. The molecule has 1 atom stereocenters. The third-order valence-electron chi connectivity index (χ3n) is 5.56. The Hall–Kier alpha value is -1.85. The van der Waals surface area contributed by atoms with Gasteiger partial charge >= 0.3 is 5.63 Å². The quantitative estimate of drug-likeness (QED) is 0.834. The Morgan fingerprint density at radius 2 is 1.85 bits per heavy atom. The SMILES string of the molecule is O=c1oc2cc(OCC(O)CN3CCCCCC3)ccc2c2c1CCC2. The van der Waals surface area contributed by atoms with Gasteiger partial charge in [-0.15, -0.1) is 0 Å². The number of aliphatic hydroxyl groups is 1. The van der Waals surface area contributed by atoms with Crippen molar-refractivity contribution in [2.24, 2.45) is 0 Å². The molecule has 5 nitrogen and oxygen atoms in total. The van der Waals surface area contributed by atoms with Gasteiger partial charge in [0.2, 0.25) is 0 Å². The van der Waals surface area contributed by atoms with Crippen molar-refractivity contribution in [3.05, 3.63) is 39.7 Å². The van der Waals surface area contributed by atoms with Crippen LogP contribution in [-0.2, 0) is 12.8 Å². The van der Waals surface area contributed by atoms with Gasteiger partial charge in [0.05, 0.1) is 0 Å². The normalized spacial score (nSPS) is 19.3. The lowest BCUT2D eigenvalue weighted by molar-refractivity contribution is 0.0694. The van der Waals surface area contributed by atoms with Gasteiger partial charge in [0, 0.05) is 23.6 Å². The first-order chi connectivity index (χ1) is 12.7. The van der Waals surface area contributed by atoms with Crippen LogP contribution in [0.2, 0.25) is 0 Å². The molecule has 1 aliphatic heterocycles. The lowest BCUT2D eigenvalue weighted by atomic mass is 10.1. The van der Waals surface area contributed by atoms with E-state index >= 15 is 0 Å². The molecule has 2 aliphatic rings. The lowest BCUT2D eigenvalue weighted by Gasteiger charge is -2.23. The van der Waals surface area contributed by atoms with E-state index in [1.54, 1.807) is 6.07 Å². The minimum absolute atomic E-state index is 0.219. The number of aliphatic hydroxyl groups excluding tert-OH is 1. The van der Waals surface area contributed by atoms with Crippen LogP contribution in [0, 0.1) is 0 Å². The third kappa shape index (κ3) is 3.79. The van der Waals surface area contributed by atoms with Crippen molar-refractivity contribution < 1.29 is 14.3 Å². The van der Waals surface area contributed by atoms with Crippen LogP contribution in [0.5, 0.6) is 5.75 Å². The van der Waals surface area contributed by atoms with Crippen molar-refractivity contribution in [1.82, 2.24) is 4.90 Å². The largest absolute Gasteiger partial charge is 0.491 e. The fraction of sp³-hybridized carbons (Fsp3) is 0.571. The van der Waals surface area contributed by atoms with Gasteiger partial charge in [0.1, 0.15) is 24.0 Å². The summed E-state index contributed by atoms with van der Waals surface area (Å²) in [5, 5.41) is 11.3. The first kappa shape index (κ1) is 17.6. The lowest BCUT2D eigenvalue weighted by Crippen LogP contribution is -2.36. The summed E-state index contributed by atoms with van der Waals surface area (Å²) in [4.78, 5) is 14.4. The molecule has 2 aromatic rings. The molecule has 5 heteroatoms. The predicted octanol–water partition coefficient (Wildman–Crippen LogP) is 2.90. The van der Waals surface area contributed by atoms with Crippen molar-refractivity contribution in [2.45, 2.75) is 51.0 Å². The number of hydrogen-bond acceptors (Lipinski definition) is 5. The number of ether oxygens (including phenoxy) is 1. The van der Waals surface area contributed by atoms with Gasteiger partial charge in [-0.2, -0.15) is 0 Å². The molecule has 26 heavy (non-hydrogen) atoms. The Morgan fingerprint density at radius 1 is 1.08 bits per heavy atom. The molecule has 0 bridgehead atoms. The minimum Gasteiger partial charge on any atom is -0.491 e. The minimum atomic E-state index is -0.518. The predicted molar refractivity (Wildman–Crippen MR) is 101 cm³/mol. The Morgan fingerprint density at radius 3 is 2.65 bits per heavy atom. The first-order valence-electron chi connectivity index (χ1n) is 9.82. The zero-order chi connectivity index (χ0) is 17.9. The van der Waals surface area contributed by atoms with Gasteiger partial charge in [-0.1, -0.05) is 12.8 Å². The molecule has 4 rings (SSSR count). The second kappa shape index (κ2) is 7.80. The van der Waals surface area contributed by atoms with Gasteiger partial charge in [-0.05, 0) is 62.9 Å². The summed E-state index contributed by atoms with van der Waals surface area (Å²) in [6, 6.07) is 5.65. The molecule has 1 aliphatic carbocycles. The van der Waals surface area contributed by atoms with E-state index in [2.05, 4.69) is 4.90 Å². The highest BCUT2D eigenvalue weighted by Gasteiger charge is 2.20. The van der Waals surface area contributed by atoms with E-state index < -0.39 is 6.10 Å². The summed E-state index contributed by atoms with van der Waals surface area (Å²) >= 11 is 0. The van der Waals surface area contributed by atoms with Crippen LogP contribution in [0.25, 0.3) is 11.0 Å². The average molecular weight is 357 g/mol. The van der Waals surface area contributed by atoms with Crippen LogP contribution in [0.1, 0.15) is 43.2 Å². The van der Waals surface area contributed by atoms with Crippen LogP contribution >= 0.6 is 0 Å². The molecule has 1 saturated heterocycles. The molecule has 1 aromatic carbocycles. The molecule has 1 N–H and O–H groups in total. The second-order valence-corrected chi connectivity index (χ2v) is 7.54. The van der Waals surface area contributed by atoms with Gasteiger partial charge in [-0.25, -0.2) is 4.79 Å².